The molecular weight excluding hydrogens is 442 g/mol. The van der Waals surface area contributed by atoms with Gasteiger partial charge in [-0.25, -0.2) is 4.79 Å². The number of carbonyl (C=O) groups is 3. The summed E-state index contributed by atoms with van der Waals surface area (Å²) in [4.78, 5) is 41.1. The van der Waals surface area contributed by atoms with Crippen LogP contribution in [0.15, 0.2) is 42.5 Å². The van der Waals surface area contributed by atoms with Gasteiger partial charge in [0.2, 0.25) is 5.91 Å². The molecule has 0 bridgehead atoms. The standard InChI is InChI=1S/C28H39N3O4/c1-9-21(5)31(24(32)17-29-27(34)35-28(6,7)8)25(22-16-18(2)14-15-19(22)3)26(33)30-23-13-11-10-12-20(23)4/h10-16,21,25H,9,17H2,1-8H3,(H,29,34)(H,30,33). The van der Waals surface area contributed by atoms with Crippen molar-refractivity contribution >= 4 is 23.6 Å². The Labute approximate surface area is 209 Å². The van der Waals surface area contributed by atoms with Gasteiger partial charge in [-0.1, -0.05) is 48.9 Å². The maximum absolute atomic E-state index is 13.8. The Morgan fingerprint density at radius 1 is 1.00 bits per heavy atom. The van der Waals surface area contributed by atoms with Gasteiger partial charge >= 0.3 is 6.09 Å². The molecule has 2 aromatic rings. The number of benzene rings is 2. The number of amides is 3. The summed E-state index contributed by atoms with van der Waals surface area (Å²) in [6.07, 6.45) is -0.0421. The van der Waals surface area contributed by atoms with Crippen molar-refractivity contribution in [2.24, 2.45) is 0 Å². The van der Waals surface area contributed by atoms with Gasteiger partial charge in [-0.3, -0.25) is 9.59 Å². The maximum Gasteiger partial charge on any atom is 0.408 e. The van der Waals surface area contributed by atoms with Crippen molar-refractivity contribution < 1.29 is 19.1 Å². The molecule has 0 fully saturated rings. The molecule has 0 aliphatic rings. The fourth-order valence-corrected chi connectivity index (χ4v) is 3.78. The van der Waals surface area contributed by atoms with E-state index in [4.69, 9.17) is 4.74 Å². The highest BCUT2D eigenvalue weighted by atomic mass is 16.6. The first-order valence-corrected chi connectivity index (χ1v) is 12.1. The Morgan fingerprint density at radius 2 is 1.66 bits per heavy atom. The van der Waals surface area contributed by atoms with Gasteiger partial charge in [-0.05, 0) is 77.6 Å². The summed E-state index contributed by atoms with van der Waals surface area (Å²) in [6.45, 7) is 14.7. The highest BCUT2D eigenvalue weighted by Gasteiger charge is 2.35. The average molecular weight is 482 g/mol. The molecule has 190 valence electrons. The predicted octanol–water partition coefficient (Wildman–Crippen LogP) is 5.44. The lowest BCUT2D eigenvalue weighted by Gasteiger charge is -2.36. The Balaban J connectivity index is 2.46. The smallest absolute Gasteiger partial charge is 0.408 e. The molecule has 0 radical (unpaired) electrons. The zero-order chi connectivity index (χ0) is 26.3. The van der Waals surface area contributed by atoms with E-state index in [1.165, 1.54) is 0 Å². The lowest BCUT2D eigenvalue weighted by molar-refractivity contribution is -0.140. The molecule has 0 heterocycles. The monoisotopic (exact) mass is 481 g/mol. The SMILES string of the molecule is CCC(C)N(C(=O)CNC(=O)OC(C)(C)C)C(C(=O)Nc1ccccc1C)c1cc(C)ccc1C. The van der Waals surface area contributed by atoms with Crippen molar-refractivity contribution in [2.45, 2.75) is 79.5 Å². The van der Waals surface area contributed by atoms with Gasteiger partial charge < -0.3 is 20.3 Å². The Bertz CT molecular complexity index is 1060. The third-order valence-corrected chi connectivity index (χ3v) is 5.80. The number of aryl methyl sites for hydroxylation is 3. The number of carbonyl (C=O) groups excluding carboxylic acids is 3. The summed E-state index contributed by atoms with van der Waals surface area (Å²) in [5, 5.41) is 5.57. The van der Waals surface area contributed by atoms with Gasteiger partial charge in [0.05, 0.1) is 0 Å². The van der Waals surface area contributed by atoms with Crippen LogP contribution in [0.25, 0.3) is 0 Å². The van der Waals surface area contributed by atoms with Crippen LogP contribution in [0.4, 0.5) is 10.5 Å². The largest absolute Gasteiger partial charge is 0.444 e. The van der Waals surface area contributed by atoms with E-state index < -0.39 is 17.7 Å². The topological polar surface area (TPSA) is 87.7 Å². The van der Waals surface area contributed by atoms with Crippen LogP contribution < -0.4 is 10.6 Å². The van der Waals surface area contributed by atoms with Crippen molar-refractivity contribution in [1.82, 2.24) is 10.2 Å². The van der Waals surface area contributed by atoms with Crippen LogP contribution in [0.5, 0.6) is 0 Å². The molecule has 3 amide bonds. The van der Waals surface area contributed by atoms with Crippen LogP contribution >= 0.6 is 0 Å². The molecule has 0 aliphatic carbocycles. The third kappa shape index (κ3) is 7.84. The lowest BCUT2D eigenvalue weighted by atomic mass is 9.95. The fraction of sp³-hybridized carbons (Fsp3) is 0.464. The molecule has 2 rings (SSSR count). The van der Waals surface area contributed by atoms with Crippen LogP contribution in [-0.4, -0.2) is 41.0 Å². The molecule has 7 nitrogen and oxygen atoms in total. The van der Waals surface area contributed by atoms with Gasteiger partial charge in [-0.2, -0.15) is 0 Å². The fourth-order valence-electron chi connectivity index (χ4n) is 3.78. The van der Waals surface area contributed by atoms with Crippen molar-refractivity contribution in [3.8, 4) is 0 Å². The number of para-hydroxylation sites is 1. The number of alkyl carbamates (subject to hydrolysis) is 1. The first-order valence-electron chi connectivity index (χ1n) is 12.1. The summed E-state index contributed by atoms with van der Waals surface area (Å²) in [7, 11) is 0. The molecular formula is C28H39N3O4. The molecule has 0 saturated heterocycles. The number of nitrogens with zero attached hydrogens (tertiary/aromatic N) is 1. The minimum absolute atomic E-state index is 0.254. The first kappa shape index (κ1) is 27.9. The molecule has 2 N–H and O–H groups in total. The zero-order valence-corrected chi connectivity index (χ0v) is 22.2. The number of nitrogens with one attached hydrogen (secondary N) is 2. The van der Waals surface area contributed by atoms with Crippen molar-refractivity contribution in [3.63, 3.8) is 0 Å². The zero-order valence-electron chi connectivity index (χ0n) is 22.2. The molecule has 2 atom stereocenters. The normalized spacial score (nSPS) is 12.9. The predicted molar refractivity (Wildman–Crippen MR) is 139 cm³/mol. The molecule has 2 aromatic carbocycles. The highest BCUT2D eigenvalue weighted by Crippen LogP contribution is 2.30. The van der Waals surface area contributed by atoms with Crippen LogP contribution in [0.1, 0.15) is 69.3 Å². The summed E-state index contributed by atoms with van der Waals surface area (Å²) in [5.41, 5.74) is 3.58. The minimum atomic E-state index is -0.877. The molecule has 0 aliphatic heterocycles. The number of ether oxygens (including phenoxy) is 1. The maximum atomic E-state index is 13.8. The van der Waals surface area contributed by atoms with E-state index in [0.717, 1.165) is 22.3 Å². The third-order valence-electron chi connectivity index (χ3n) is 5.80. The molecule has 0 saturated carbocycles. The highest BCUT2D eigenvalue weighted by molar-refractivity contribution is 5.99. The second-order valence-electron chi connectivity index (χ2n) is 9.98. The Hall–Kier alpha value is -3.35. The summed E-state index contributed by atoms with van der Waals surface area (Å²) >= 11 is 0. The van der Waals surface area contributed by atoms with E-state index >= 15 is 0 Å². The molecule has 35 heavy (non-hydrogen) atoms. The van der Waals surface area contributed by atoms with Crippen molar-refractivity contribution in [2.75, 3.05) is 11.9 Å². The van der Waals surface area contributed by atoms with E-state index in [0.29, 0.717) is 12.1 Å². The van der Waals surface area contributed by atoms with Crippen molar-refractivity contribution in [1.29, 1.82) is 0 Å². The second-order valence-corrected chi connectivity index (χ2v) is 9.98. The van der Waals surface area contributed by atoms with Crippen molar-refractivity contribution in [3.05, 3.63) is 64.7 Å². The number of rotatable bonds is 8. The average Bonchev–Trinajstić information content (AvgIpc) is 2.77. The molecule has 7 heteroatoms. The Kier molecular flexibility index (Phi) is 9.46. The number of anilines is 1. The van der Waals surface area contributed by atoms with Crippen LogP contribution in [0.3, 0.4) is 0 Å². The van der Waals surface area contributed by atoms with Gasteiger partial charge in [0.25, 0.3) is 5.91 Å². The number of hydrogen-bond acceptors (Lipinski definition) is 4. The second kappa shape index (κ2) is 11.9. The molecule has 0 aromatic heterocycles. The van der Waals surface area contributed by atoms with Crippen LogP contribution in [0, 0.1) is 20.8 Å². The summed E-state index contributed by atoms with van der Waals surface area (Å²) in [5.74, 6) is -0.671. The van der Waals surface area contributed by atoms with E-state index in [9.17, 15) is 14.4 Å². The van der Waals surface area contributed by atoms with Gasteiger partial charge in [0.15, 0.2) is 0 Å². The summed E-state index contributed by atoms with van der Waals surface area (Å²) in [6, 6.07) is 12.3. The quantitative estimate of drug-likeness (QED) is 0.525. The molecule has 0 spiro atoms. The van der Waals surface area contributed by atoms with E-state index in [1.807, 2.05) is 77.1 Å². The Morgan fingerprint density at radius 3 is 2.26 bits per heavy atom. The van der Waals surface area contributed by atoms with Crippen LogP contribution in [0.2, 0.25) is 0 Å². The first-order chi connectivity index (χ1) is 16.3. The van der Waals surface area contributed by atoms with Gasteiger partial charge in [0.1, 0.15) is 18.2 Å². The van der Waals surface area contributed by atoms with Gasteiger partial charge in [0, 0.05) is 11.7 Å². The molecule has 2 unspecified atom stereocenters. The van der Waals surface area contributed by atoms with Gasteiger partial charge in [-0.15, -0.1) is 0 Å². The van der Waals surface area contributed by atoms with E-state index in [1.54, 1.807) is 25.7 Å². The van der Waals surface area contributed by atoms with Crippen LogP contribution in [-0.2, 0) is 14.3 Å². The number of hydrogen-bond donors (Lipinski definition) is 2. The van der Waals surface area contributed by atoms with E-state index in [2.05, 4.69) is 10.6 Å². The van der Waals surface area contributed by atoms with E-state index in [-0.39, 0.29) is 24.4 Å². The summed E-state index contributed by atoms with van der Waals surface area (Å²) < 4.78 is 5.27. The lowest BCUT2D eigenvalue weighted by Crippen LogP contribution is -2.50. The minimum Gasteiger partial charge on any atom is -0.444 e.